The lowest BCUT2D eigenvalue weighted by Crippen LogP contribution is -2.59. The molecule has 0 amide bonds. The van der Waals surface area contributed by atoms with E-state index in [1.807, 2.05) is 59.4 Å². The van der Waals surface area contributed by atoms with Crippen molar-refractivity contribution >= 4 is 17.2 Å². The molecule has 4 N–H and O–H groups in total. The Morgan fingerprint density at radius 2 is 1.98 bits per heavy atom. The highest BCUT2D eigenvalue weighted by molar-refractivity contribution is 5.78. The van der Waals surface area contributed by atoms with Gasteiger partial charge in [0.2, 0.25) is 0 Å². The Balaban J connectivity index is 1.70. The zero-order valence-corrected chi connectivity index (χ0v) is 28.6. The maximum Gasteiger partial charge on any atom is 0.186 e. The molecule has 1 aliphatic rings. The molecule has 1 fully saturated rings. The fourth-order valence-electron chi connectivity index (χ4n) is 6.65. The summed E-state index contributed by atoms with van der Waals surface area (Å²) in [6, 6.07) is 10.3. The van der Waals surface area contributed by atoms with Gasteiger partial charge in [-0.1, -0.05) is 39.0 Å². The minimum atomic E-state index is -1.30. The number of likely N-dealkylation sites (N-methyl/N-ethyl adjacent to an activating group) is 1. The topological polar surface area (TPSA) is 125 Å². The molecular weight excluding hydrogens is 572 g/mol. The fourth-order valence-corrected chi connectivity index (χ4v) is 6.65. The number of pyridine rings is 1. The zero-order valence-electron chi connectivity index (χ0n) is 28.6. The standard InChI is InChI=1S/C35H58N4O6/c1-23(19-36-6)18-35(5,42)33(26(4)31(41)24(2)22-40)45-34-32(30(39(7)8)16-25(3)44-34)43-15-11-14-37-20-27-17-28-12-9-10-13-29(28)38-21-27/h9-10,12-13,17,21-26,30-34,36-37,41-42H,11,14-16,18-20H2,1-8H3/t23-,24?,25?,26+,30?,31-,32-,33-,34?,35-/m1/s1. The summed E-state index contributed by atoms with van der Waals surface area (Å²) in [5, 5.41) is 30.7. The van der Waals surface area contributed by atoms with E-state index in [2.05, 4.69) is 39.6 Å². The van der Waals surface area contributed by atoms with Gasteiger partial charge in [0.15, 0.2) is 6.29 Å². The minimum absolute atomic E-state index is 0.0262. The second-order valence-corrected chi connectivity index (χ2v) is 13.6. The van der Waals surface area contributed by atoms with Gasteiger partial charge in [-0.25, -0.2) is 0 Å². The molecule has 2 aromatic rings. The van der Waals surface area contributed by atoms with Crippen molar-refractivity contribution in [1.82, 2.24) is 20.5 Å². The van der Waals surface area contributed by atoms with Crippen LogP contribution in [0.5, 0.6) is 0 Å². The first-order valence-electron chi connectivity index (χ1n) is 16.5. The Kier molecular flexibility index (Phi) is 14.8. The van der Waals surface area contributed by atoms with Gasteiger partial charge in [-0.05, 0) is 91.0 Å². The van der Waals surface area contributed by atoms with Gasteiger partial charge in [0.1, 0.15) is 12.4 Å². The van der Waals surface area contributed by atoms with Gasteiger partial charge in [0.25, 0.3) is 0 Å². The number of benzene rings is 1. The van der Waals surface area contributed by atoms with Crippen molar-refractivity contribution in [2.45, 2.75) is 103 Å². The van der Waals surface area contributed by atoms with E-state index in [9.17, 15) is 15.0 Å². The predicted octanol–water partition coefficient (Wildman–Crippen LogP) is 3.38. The summed E-state index contributed by atoms with van der Waals surface area (Å²) < 4.78 is 19.6. The van der Waals surface area contributed by atoms with E-state index in [0.29, 0.717) is 13.0 Å². The van der Waals surface area contributed by atoms with Crippen LogP contribution in [-0.4, -0.2) is 110 Å². The third-order valence-electron chi connectivity index (χ3n) is 9.01. The van der Waals surface area contributed by atoms with E-state index >= 15 is 0 Å². The third kappa shape index (κ3) is 10.8. The highest BCUT2D eigenvalue weighted by atomic mass is 16.7. The average Bonchev–Trinajstić information content (AvgIpc) is 3.00. The van der Waals surface area contributed by atoms with Crippen molar-refractivity contribution in [3.05, 3.63) is 42.1 Å². The van der Waals surface area contributed by atoms with Crippen molar-refractivity contribution in [2.24, 2.45) is 17.8 Å². The first kappa shape index (κ1) is 37.4. The zero-order chi connectivity index (χ0) is 33.1. The SMILES string of the molecule is CNC[C@H](C)C[C@@](C)(O)[C@H](OC1OC(C)CC(N(C)C)[C@H]1OCCCNCc1cnc2ccccc2c1)[C@@H](C)[C@H](O)C(C)C=O. The number of aldehydes is 1. The number of rotatable bonds is 19. The van der Waals surface area contributed by atoms with Crippen LogP contribution in [0.15, 0.2) is 36.5 Å². The molecule has 10 heteroatoms. The molecule has 0 spiro atoms. The first-order chi connectivity index (χ1) is 21.4. The minimum Gasteiger partial charge on any atom is -0.392 e. The van der Waals surface area contributed by atoms with Crippen LogP contribution in [0, 0.1) is 17.8 Å². The Morgan fingerprint density at radius 1 is 1.24 bits per heavy atom. The van der Waals surface area contributed by atoms with Gasteiger partial charge >= 0.3 is 0 Å². The van der Waals surface area contributed by atoms with Crippen molar-refractivity contribution < 1.29 is 29.2 Å². The van der Waals surface area contributed by atoms with Crippen LogP contribution in [0.1, 0.15) is 59.4 Å². The first-order valence-corrected chi connectivity index (χ1v) is 16.5. The number of aromatic nitrogens is 1. The molecule has 1 saturated heterocycles. The van der Waals surface area contributed by atoms with Crippen molar-refractivity contribution in [3.8, 4) is 0 Å². The second-order valence-electron chi connectivity index (χ2n) is 13.6. The highest BCUT2D eigenvalue weighted by Gasteiger charge is 2.47. The summed E-state index contributed by atoms with van der Waals surface area (Å²) in [7, 11) is 5.94. The molecule has 0 saturated carbocycles. The lowest BCUT2D eigenvalue weighted by molar-refractivity contribution is -0.306. The Hall–Kier alpha value is -2.02. The molecule has 10 atom stereocenters. The van der Waals surface area contributed by atoms with E-state index in [4.69, 9.17) is 14.2 Å². The molecule has 254 valence electrons. The summed E-state index contributed by atoms with van der Waals surface area (Å²) in [6.07, 6.45) is 1.57. The largest absolute Gasteiger partial charge is 0.392 e. The van der Waals surface area contributed by atoms with E-state index in [-0.39, 0.29) is 18.1 Å². The van der Waals surface area contributed by atoms with Gasteiger partial charge in [-0.15, -0.1) is 0 Å². The molecule has 2 heterocycles. The van der Waals surface area contributed by atoms with Crippen LogP contribution in [-0.2, 0) is 25.5 Å². The monoisotopic (exact) mass is 630 g/mol. The molecule has 1 aromatic heterocycles. The number of carbonyl (C=O) groups is 1. The summed E-state index contributed by atoms with van der Waals surface area (Å²) in [5.74, 6) is -1.01. The van der Waals surface area contributed by atoms with E-state index in [1.54, 1.807) is 13.8 Å². The van der Waals surface area contributed by atoms with Crippen LogP contribution in [0.2, 0.25) is 0 Å². The van der Waals surface area contributed by atoms with Crippen LogP contribution in [0.3, 0.4) is 0 Å². The third-order valence-corrected chi connectivity index (χ3v) is 9.01. The quantitative estimate of drug-likeness (QED) is 0.136. The van der Waals surface area contributed by atoms with Gasteiger partial charge in [-0.3, -0.25) is 4.98 Å². The van der Waals surface area contributed by atoms with Crippen molar-refractivity contribution in [2.75, 3.05) is 40.8 Å². The number of carbonyl (C=O) groups excluding carboxylic acids is 1. The van der Waals surface area contributed by atoms with E-state index in [0.717, 1.165) is 55.2 Å². The molecule has 0 radical (unpaired) electrons. The van der Waals surface area contributed by atoms with Crippen molar-refractivity contribution in [3.63, 3.8) is 0 Å². The number of hydrogen-bond donors (Lipinski definition) is 4. The number of aliphatic hydroxyl groups is 2. The van der Waals surface area contributed by atoms with Crippen LogP contribution in [0.4, 0.5) is 0 Å². The summed E-state index contributed by atoms with van der Waals surface area (Å²) in [4.78, 5) is 18.3. The Bertz CT molecular complexity index is 1170. The van der Waals surface area contributed by atoms with Gasteiger partial charge in [-0.2, -0.15) is 0 Å². The average molecular weight is 631 g/mol. The highest BCUT2D eigenvalue weighted by Crippen LogP contribution is 2.35. The Morgan fingerprint density at radius 3 is 2.67 bits per heavy atom. The van der Waals surface area contributed by atoms with E-state index in [1.165, 1.54) is 0 Å². The maximum absolute atomic E-state index is 11.9. The molecule has 0 aliphatic carbocycles. The fraction of sp³-hybridized carbons (Fsp3) is 0.714. The number of fused-ring (bicyclic) bond motifs is 1. The normalized spacial score (nSPS) is 25.4. The second kappa shape index (κ2) is 17.8. The van der Waals surface area contributed by atoms with Gasteiger partial charge in [0.05, 0.1) is 29.4 Å². The lowest BCUT2D eigenvalue weighted by atomic mass is 9.78. The Labute approximate surface area is 270 Å². The number of hydrogen-bond acceptors (Lipinski definition) is 10. The molecule has 10 nitrogen and oxygen atoms in total. The van der Waals surface area contributed by atoms with Crippen LogP contribution in [0.25, 0.3) is 10.9 Å². The lowest BCUT2D eigenvalue weighted by Gasteiger charge is -2.47. The van der Waals surface area contributed by atoms with Crippen LogP contribution < -0.4 is 10.6 Å². The predicted molar refractivity (Wildman–Crippen MR) is 178 cm³/mol. The van der Waals surface area contributed by atoms with Crippen LogP contribution >= 0.6 is 0 Å². The van der Waals surface area contributed by atoms with Gasteiger partial charge in [0, 0.05) is 42.6 Å². The summed E-state index contributed by atoms with van der Waals surface area (Å²) in [5.41, 5.74) is 0.820. The number of nitrogens with one attached hydrogen (secondary N) is 2. The molecule has 1 aromatic carbocycles. The van der Waals surface area contributed by atoms with Gasteiger partial charge < -0.3 is 44.8 Å². The number of ether oxygens (including phenoxy) is 3. The number of aliphatic hydroxyl groups excluding tert-OH is 1. The van der Waals surface area contributed by atoms with Crippen molar-refractivity contribution in [1.29, 1.82) is 0 Å². The smallest absolute Gasteiger partial charge is 0.186 e. The molecule has 45 heavy (non-hydrogen) atoms. The molecule has 0 bridgehead atoms. The molecule has 4 unspecified atom stereocenters. The summed E-state index contributed by atoms with van der Waals surface area (Å²) >= 11 is 0. The summed E-state index contributed by atoms with van der Waals surface area (Å²) in [6.45, 7) is 12.0. The maximum atomic E-state index is 11.9. The molecule has 1 aliphatic heterocycles. The molecular formula is C35H58N4O6. The van der Waals surface area contributed by atoms with E-state index < -0.39 is 42.0 Å². The number of nitrogens with zero attached hydrogens (tertiary/aromatic N) is 2. The number of para-hydroxylation sites is 1. The molecule has 3 rings (SSSR count).